The summed E-state index contributed by atoms with van der Waals surface area (Å²) in [5.41, 5.74) is 0.645. The zero-order chi connectivity index (χ0) is 19.8. The summed E-state index contributed by atoms with van der Waals surface area (Å²) in [5, 5.41) is 9.32. The lowest BCUT2D eigenvalue weighted by Gasteiger charge is -2.14. The molecule has 27 heavy (non-hydrogen) atoms. The van der Waals surface area contributed by atoms with Crippen molar-refractivity contribution in [2.75, 3.05) is 13.7 Å². The number of hydrogen-bond donors (Lipinski definition) is 0. The van der Waals surface area contributed by atoms with Gasteiger partial charge in [0.2, 0.25) is 0 Å². The van der Waals surface area contributed by atoms with Crippen molar-refractivity contribution >= 4 is 23.6 Å². The van der Waals surface area contributed by atoms with E-state index in [1.807, 2.05) is 0 Å². The van der Waals surface area contributed by atoms with Crippen LogP contribution in [0.1, 0.15) is 18.1 Å². The fourth-order valence-electron chi connectivity index (χ4n) is 2.24. The highest BCUT2D eigenvalue weighted by Crippen LogP contribution is 2.31. The summed E-state index contributed by atoms with van der Waals surface area (Å²) >= 11 is 6.01. The molecule has 2 rings (SSSR count). The minimum Gasteiger partial charge on any atom is -0.490 e. The van der Waals surface area contributed by atoms with E-state index < -0.39 is 11.8 Å². The van der Waals surface area contributed by atoms with Crippen LogP contribution in [-0.2, 0) is 16.1 Å². The summed E-state index contributed by atoms with van der Waals surface area (Å²) in [5.74, 6) is -0.424. The van der Waals surface area contributed by atoms with Gasteiger partial charge < -0.3 is 14.2 Å². The Morgan fingerprint density at radius 3 is 2.67 bits per heavy atom. The molecule has 0 atom stereocenters. The molecule has 7 heteroatoms. The van der Waals surface area contributed by atoms with Crippen LogP contribution in [0.25, 0.3) is 6.08 Å². The van der Waals surface area contributed by atoms with E-state index in [9.17, 15) is 9.18 Å². The standard InChI is InChI=1S/C20H17ClFNO4/c1-3-26-19-10-13(9-14(11-23)20(24)25-2)7-8-18(19)27-12-15-16(21)5-4-6-17(15)22/h4-10H,3,12H2,1-2H3/b14-9+. The lowest BCUT2D eigenvalue weighted by atomic mass is 10.1. The molecule has 0 heterocycles. The van der Waals surface area contributed by atoms with E-state index in [4.69, 9.17) is 26.3 Å². The van der Waals surface area contributed by atoms with Crippen molar-refractivity contribution in [1.29, 1.82) is 5.26 Å². The lowest BCUT2D eigenvalue weighted by molar-refractivity contribution is -0.135. The zero-order valence-corrected chi connectivity index (χ0v) is 15.5. The Morgan fingerprint density at radius 1 is 1.26 bits per heavy atom. The Balaban J connectivity index is 2.29. The maximum absolute atomic E-state index is 13.9. The molecule has 0 bridgehead atoms. The monoisotopic (exact) mass is 389 g/mol. The molecule has 0 aliphatic heterocycles. The summed E-state index contributed by atoms with van der Waals surface area (Å²) in [6.07, 6.45) is 1.38. The molecule has 0 N–H and O–H groups in total. The molecule has 0 amide bonds. The minimum atomic E-state index is -0.731. The first kappa shape index (κ1) is 20.3. The van der Waals surface area contributed by atoms with E-state index in [1.54, 1.807) is 37.3 Å². The van der Waals surface area contributed by atoms with E-state index >= 15 is 0 Å². The second kappa shape index (κ2) is 9.60. The minimum absolute atomic E-state index is 0.0770. The van der Waals surface area contributed by atoms with Gasteiger partial charge in [-0.15, -0.1) is 0 Å². The van der Waals surface area contributed by atoms with Crippen LogP contribution in [0.3, 0.4) is 0 Å². The topological polar surface area (TPSA) is 68.5 Å². The highest BCUT2D eigenvalue weighted by molar-refractivity contribution is 6.31. The van der Waals surface area contributed by atoms with Gasteiger partial charge in [0.25, 0.3) is 0 Å². The highest BCUT2D eigenvalue weighted by Gasteiger charge is 2.13. The van der Waals surface area contributed by atoms with E-state index in [2.05, 4.69) is 4.74 Å². The Hall–Kier alpha value is -3.04. The molecule has 0 radical (unpaired) electrons. The molecular weight excluding hydrogens is 373 g/mol. The molecule has 0 aliphatic carbocycles. The number of nitriles is 1. The van der Waals surface area contributed by atoms with Crippen molar-refractivity contribution in [1.82, 2.24) is 0 Å². The molecular formula is C20H17ClFNO4. The summed E-state index contributed by atoms with van der Waals surface area (Å²) in [4.78, 5) is 11.5. The van der Waals surface area contributed by atoms with Crippen LogP contribution < -0.4 is 9.47 Å². The first-order valence-electron chi connectivity index (χ1n) is 8.02. The van der Waals surface area contributed by atoms with Gasteiger partial charge in [-0.1, -0.05) is 23.7 Å². The van der Waals surface area contributed by atoms with Gasteiger partial charge in [-0.2, -0.15) is 5.26 Å². The number of nitrogens with zero attached hydrogens (tertiary/aromatic N) is 1. The van der Waals surface area contributed by atoms with Crippen LogP contribution >= 0.6 is 11.6 Å². The fourth-order valence-corrected chi connectivity index (χ4v) is 2.45. The van der Waals surface area contributed by atoms with Crippen molar-refractivity contribution in [2.24, 2.45) is 0 Å². The summed E-state index contributed by atoms with van der Waals surface area (Å²) in [6.45, 7) is 2.09. The van der Waals surface area contributed by atoms with Gasteiger partial charge in [-0.3, -0.25) is 0 Å². The molecule has 0 unspecified atom stereocenters. The quantitative estimate of drug-likeness (QED) is 0.395. The predicted octanol–water partition coefficient (Wildman–Crippen LogP) is 4.54. The van der Waals surface area contributed by atoms with Gasteiger partial charge in [-0.25, -0.2) is 9.18 Å². The van der Waals surface area contributed by atoms with Gasteiger partial charge >= 0.3 is 5.97 Å². The molecule has 0 spiro atoms. The smallest absolute Gasteiger partial charge is 0.348 e. The molecule has 0 saturated carbocycles. The van der Waals surface area contributed by atoms with Crippen molar-refractivity contribution in [3.63, 3.8) is 0 Å². The number of esters is 1. The SMILES string of the molecule is CCOc1cc(/C=C(\C#N)C(=O)OC)ccc1OCc1c(F)cccc1Cl. The number of hydrogen-bond acceptors (Lipinski definition) is 5. The van der Waals surface area contributed by atoms with Crippen molar-refractivity contribution in [2.45, 2.75) is 13.5 Å². The number of halogens is 2. The summed E-state index contributed by atoms with van der Waals surface area (Å²) < 4.78 is 29.6. The van der Waals surface area contributed by atoms with Crippen molar-refractivity contribution in [3.05, 3.63) is 63.9 Å². The molecule has 0 aliphatic rings. The summed E-state index contributed by atoms with van der Waals surface area (Å²) in [6, 6.07) is 11.0. The molecule has 2 aromatic carbocycles. The fraction of sp³-hybridized carbons (Fsp3) is 0.200. The maximum Gasteiger partial charge on any atom is 0.348 e. The summed E-state index contributed by atoms with van der Waals surface area (Å²) in [7, 11) is 1.20. The van der Waals surface area contributed by atoms with Crippen molar-refractivity contribution in [3.8, 4) is 17.6 Å². The maximum atomic E-state index is 13.9. The Labute approximate surface area is 161 Å². The average Bonchev–Trinajstić information content (AvgIpc) is 2.66. The van der Waals surface area contributed by atoms with E-state index in [0.717, 1.165) is 0 Å². The van der Waals surface area contributed by atoms with Crippen LogP contribution in [0.5, 0.6) is 11.5 Å². The Morgan fingerprint density at radius 2 is 2.04 bits per heavy atom. The Bertz CT molecular complexity index is 885. The van der Waals surface area contributed by atoms with E-state index in [1.165, 1.54) is 25.3 Å². The van der Waals surface area contributed by atoms with Crippen LogP contribution in [0.15, 0.2) is 42.0 Å². The van der Waals surface area contributed by atoms with Crippen LogP contribution in [0.2, 0.25) is 5.02 Å². The third kappa shape index (κ3) is 5.22. The normalized spacial score (nSPS) is 10.9. The zero-order valence-electron chi connectivity index (χ0n) is 14.8. The molecule has 2 aromatic rings. The van der Waals surface area contributed by atoms with Gasteiger partial charge in [0.15, 0.2) is 11.5 Å². The molecule has 140 valence electrons. The van der Waals surface area contributed by atoms with Crippen LogP contribution in [-0.4, -0.2) is 19.7 Å². The Kier molecular flexibility index (Phi) is 7.21. The van der Waals surface area contributed by atoms with Crippen LogP contribution in [0, 0.1) is 17.1 Å². The number of ether oxygens (including phenoxy) is 3. The lowest BCUT2D eigenvalue weighted by Crippen LogP contribution is -2.03. The largest absolute Gasteiger partial charge is 0.490 e. The van der Waals surface area contributed by atoms with E-state index in [0.29, 0.717) is 23.7 Å². The third-order valence-corrected chi connectivity index (χ3v) is 3.89. The number of methoxy groups -OCH3 is 1. The average molecular weight is 390 g/mol. The van der Waals surface area contributed by atoms with Gasteiger partial charge in [0, 0.05) is 5.56 Å². The van der Waals surface area contributed by atoms with Crippen molar-refractivity contribution < 1.29 is 23.4 Å². The van der Waals surface area contributed by atoms with Gasteiger partial charge in [0.1, 0.15) is 24.1 Å². The third-order valence-electron chi connectivity index (χ3n) is 3.54. The first-order chi connectivity index (χ1) is 13.0. The second-order valence-electron chi connectivity index (χ2n) is 5.29. The predicted molar refractivity (Wildman–Crippen MR) is 99.0 cm³/mol. The molecule has 0 fully saturated rings. The number of carbonyl (C=O) groups is 1. The number of benzene rings is 2. The first-order valence-corrected chi connectivity index (χ1v) is 8.40. The van der Waals surface area contributed by atoms with Gasteiger partial charge in [0.05, 0.1) is 18.7 Å². The van der Waals surface area contributed by atoms with E-state index in [-0.39, 0.29) is 22.8 Å². The van der Waals surface area contributed by atoms with Crippen LogP contribution in [0.4, 0.5) is 4.39 Å². The number of carbonyl (C=O) groups excluding carboxylic acids is 1. The number of rotatable bonds is 7. The molecule has 5 nitrogen and oxygen atoms in total. The highest BCUT2D eigenvalue weighted by atomic mass is 35.5. The molecule has 0 aromatic heterocycles. The second-order valence-corrected chi connectivity index (χ2v) is 5.70. The van der Waals surface area contributed by atoms with Gasteiger partial charge in [-0.05, 0) is 42.8 Å². The molecule has 0 saturated heterocycles.